The molecule has 0 amide bonds. The maximum absolute atomic E-state index is 5.83. The highest BCUT2D eigenvalue weighted by molar-refractivity contribution is 5.28. The smallest absolute Gasteiger partial charge is 0.120 e. The first kappa shape index (κ1) is 15.3. The number of rotatable bonds is 8. The Kier molecular flexibility index (Phi) is 6.34. The lowest BCUT2D eigenvalue weighted by Crippen LogP contribution is -2.21. The Morgan fingerprint density at radius 2 is 2.05 bits per heavy atom. The molecule has 112 valence electrons. The van der Waals surface area contributed by atoms with Crippen LogP contribution in [0, 0.1) is 0 Å². The van der Waals surface area contributed by atoms with Gasteiger partial charge in [0.1, 0.15) is 5.75 Å². The van der Waals surface area contributed by atoms with Crippen molar-refractivity contribution in [3.63, 3.8) is 0 Å². The summed E-state index contributed by atoms with van der Waals surface area (Å²) >= 11 is 0. The zero-order valence-corrected chi connectivity index (χ0v) is 12.7. The summed E-state index contributed by atoms with van der Waals surface area (Å²) in [5.74, 6) is 0.946. The molecule has 0 heterocycles. The van der Waals surface area contributed by atoms with Crippen LogP contribution in [0.5, 0.6) is 5.75 Å². The zero-order chi connectivity index (χ0) is 14.2. The van der Waals surface area contributed by atoms with Crippen molar-refractivity contribution < 1.29 is 9.47 Å². The molecule has 0 aliphatic heterocycles. The van der Waals surface area contributed by atoms with Gasteiger partial charge in [-0.05, 0) is 44.4 Å². The van der Waals surface area contributed by atoms with Crippen LogP contribution in [0.3, 0.4) is 0 Å². The number of hydrogen-bond acceptors (Lipinski definition) is 3. The van der Waals surface area contributed by atoms with Crippen molar-refractivity contribution in [2.24, 2.45) is 0 Å². The van der Waals surface area contributed by atoms with Crippen LogP contribution in [-0.4, -0.2) is 25.4 Å². The van der Waals surface area contributed by atoms with Crippen molar-refractivity contribution in [2.45, 2.75) is 58.3 Å². The van der Waals surface area contributed by atoms with E-state index in [1.54, 1.807) is 0 Å². The average Bonchev–Trinajstić information content (AvgIpc) is 2.91. The Morgan fingerprint density at radius 3 is 2.80 bits per heavy atom. The van der Waals surface area contributed by atoms with Crippen LogP contribution in [0.1, 0.15) is 45.1 Å². The molecule has 0 unspecified atom stereocenters. The molecule has 0 aromatic heterocycles. The lowest BCUT2D eigenvalue weighted by atomic mass is 10.2. The van der Waals surface area contributed by atoms with Gasteiger partial charge in [0.25, 0.3) is 0 Å². The van der Waals surface area contributed by atoms with E-state index in [1.165, 1.54) is 31.2 Å². The van der Waals surface area contributed by atoms with E-state index >= 15 is 0 Å². The molecule has 1 aromatic carbocycles. The number of nitrogens with one attached hydrogen (secondary N) is 1. The highest BCUT2D eigenvalue weighted by Crippen LogP contribution is 2.20. The Bertz CT molecular complexity index is 386. The Labute approximate surface area is 122 Å². The van der Waals surface area contributed by atoms with E-state index in [-0.39, 0.29) is 6.10 Å². The second-order valence-corrected chi connectivity index (χ2v) is 5.77. The highest BCUT2D eigenvalue weighted by Gasteiger charge is 2.14. The Morgan fingerprint density at radius 1 is 1.25 bits per heavy atom. The molecule has 20 heavy (non-hydrogen) atoms. The summed E-state index contributed by atoms with van der Waals surface area (Å²) in [6.07, 6.45) is 5.89. The van der Waals surface area contributed by atoms with Crippen LogP contribution >= 0.6 is 0 Å². The minimum Gasteiger partial charge on any atom is -0.491 e. The summed E-state index contributed by atoms with van der Waals surface area (Å²) < 4.78 is 11.5. The molecule has 3 heteroatoms. The van der Waals surface area contributed by atoms with E-state index < -0.39 is 0 Å². The summed E-state index contributed by atoms with van der Waals surface area (Å²) in [5.41, 5.74) is 1.25. The summed E-state index contributed by atoms with van der Waals surface area (Å²) in [4.78, 5) is 0. The molecule has 0 spiro atoms. The largest absolute Gasteiger partial charge is 0.491 e. The van der Waals surface area contributed by atoms with E-state index in [1.807, 2.05) is 26.0 Å². The molecule has 0 atom stereocenters. The van der Waals surface area contributed by atoms with Crippen molar-refractivity contribution in [2.75, 3.05) is 13.2 Å². The van der Waals surface area contributed by atoms with Crippen LogP contribution in [0.2, 0.25) is 0 Å². The maximum atomic E-state index is 5.83. The fourth-order valence-electron chi connectivity index (χ4n) is 2.59. The van der Waals surface area contributed by atoms with Crippen molar-refractivity contribution in [1.82, 2.24) is 5.32 Å². The fourth-order valence-corrected chi connectivity index (χ4v) is 2.59. The van der Waals surface area contributed by atoms with Crippen molar-refractivity contribution in [1.29, 1.82) is 0 Å². The number of benzene rings is 1. The number of ether oxygens (including phenoxy) is 2. The molecule has 2 rings (SSSR count). The molecule has 1 fully saturated rings. The lowest BCUT2D eigenvalue weighted by molar-refractivity contribution is 0.0603. The van der Waals surface area contributed by atoms with Gasteiger partial charge in [0.05, 0.1) is 18.8 Å². The third-order valence-electron chi connectivity index (χ3n) is 3.53. The standard InChI is InChI=1S/C17H27NO2/c1-14(2)20-17-9-5-6-15(12-17)13-18-10-11-19-16-7-3-4-8-16/h5-6,9,12,14,16,18H,3-4,7-8,10-11,13H2,1-2H3. The summed E-state index contributed by atoms with van der Waals surface area (Å²) in [6, 6.07) is 8.28. The van der Waals surface area contributed by atoms with Gasteiger partial charge in [0.15, 0.2) is 0 Å². The van der Waals surface area contributed by atoms with Gasteiger partial charge in [0, 0.05) is 13.1 Å². The van der Waals surface area contributed by atoms with Gasteiger partial charge in [-0.3, -0.25) is 0 Å². The highest BCUT2D eigenvalue weighted by atomic mass is 16.5. The molecular weight excluding hydrogens is 250 g/mol. The van der Waals surface area contributed by atoms with Crippen LogP contribution in [0.15, 0.2) is 24.3 Å². The lowest BCUT2D eigenvalue weighted by Gasteiger charge is -2.13. The first-order valence-corrected chi connectivity index (χ1v) is 7.82. The maximum Gasteiger partial charge on any atom is 0.120 e. The molecule has 0 bridgehead atoms. The van der Waals surface area contributed by atoms with Crippen LogP contribution in [0.25, 0.3) is 0 Å². The van der Waals surface area contributed by atoms with Gasteiger partial charge < -0.3 is 14.8 Å². The predicted octanol–water partition coefficient (Wildman–Crippen LogP) is 3.52. The molecular formula is C17H27NO2. The predicted molar refractivity (Wildman–Crippen MR) is 82.1 cm³/mol. The van der Waals surface area contributed by atoms with Crippen LogP contribution in [-0.2, 0) is 11.3 Å². The molecule has 0 saturated heterocycles. The summed E-state index contributed by atoms with van der Waals surface area (Å²) in [5, 5.41) is 3.43. The molecule has 3 nitrogen and oxygen atoms in total. The SMILES string of the molecule is CC(C)Oc1cccc(CNCCOC2CCCC2)c1. The van der Waals surface area contributed by atoms with E-state index in [4.69, 9.17) is 9.47 Å². The van der Waals surface area contributed by atoms with Crippen LogP contribution in [0.4, 0.5) is 0 Å². The second-order valence-electron chi connectivity index (χ2n) is 5.77. The molecule has 0 radical (unpaired) electrons. The molecule has 1 aliphatic carbocycles. The van der Waals surface area contributed by atoms with Crippen molar-refractivity contribution >= 4 is 0 Å². The number of hydrogen-bond donors (Lipinski definition) is 1. The average molecular weight is 277 g/mol. The minimum atomic E-state index is 0.220. The van der Waals surface area contributed by atoms with Gasteiger partial charge in [-0.25, -0.2) is 0 Å². The second kappa shape index (κ2) is 8.28. The minimum absolute atomic E-state index is 0.220. The molecule has 1 aliphatic rings. The first-order valence-electron chi connectivity index (χ1n) is 7.82. The molecule has 1 aromatic rings. The third-order valence-corrected chi connectivity index (χ3v) is 3.53. The van der Waals surface area contributed by atoms with Crippen molar-refractivity contribution in [3.8, 4) is 5.75 Å². The Balaban J connectivity index is 1.63. The third kappa shape index (κ3) is 5.51. The van der Waals surface area contributed by atoms with E-state index in [0.29, 0.717) is 6.10 Å². The topological polar surface area (TPSA) is 30.5 Å². The van der Waals surface area contributed by atoms with Crippen molar-refractivity contribution in [3.05, 3.63) is 29.8 Å². The molecule has 1 N–H and O–H groups in total. The monoisotopic (exact) mass is 277 g/mol. The van der Waals surface area contributed by atoms with E-state index in [2.05, 4.69) is 17.4 Å². The molecule has 1 saturated carbocycles. The normalized spacial score (nSPS) is 15.9. The van der Waals surface area contributed by atoms with E-state index in [9.17, 15) is 0 Å². The summed E-state index contributed by atoms with van der Waals surface area (Å²) in [6.45, 7) is 6.68. The van der Waals surface area contributed by atoms with Gasteiger partial charge in [-0.2, -0.15) is 0 Å². The van der Waals surface area contributed by atoms with E-state index in [0.717, 1.165) is 25.4 Å². The fraction of sp³-hybridized carbons (Fsp3) is 0.647. The first-order chi connectivity index (χ1) is 9.74. The quantitative estimate of drug-likeness (QED) is 0.737. The van der Waals surface area contributed by atoms with Crippen LogP contribution < -0.4 is 10.1 Å². The zero-order valence-electron chi connectivity index (χ0n) is 12.7. The van der Waals surface area contributed by atoms with Gasteiger partial charge >= 0.3 is 0 Å². The van der Waals surface area contributed by atoms with Gasteiger partial charge in [-0.1, -0.05) is 25.0 Å². The van der Waals surface area contributed by atoms with Gasteiger partial charge in [-0.15, -0.1) is 0 Å². The Hall–Kier alpha value is -1.06. The van der Waals surface area contributed by atoms with Gasteiger partial charge in [0.2, 0.25) is 0 Å². The summed E-state index contributed by atoms with van der Waals surface area (Å²) in [7, 11) is 0.